The highest BCUT2D eigenvalue weighted by Gasteiger charge is 1.98. The molecule has 1 nitrogen and oxygen atoms in total. The molecule has 0 aliphatic carbocycles. The first-order valence-electron chi connectivity index (χ1n) is 4.56. The van der Waals surface area contributed by atoms with Crippen LogP contribution in [-0.4, -0.2) is 6.54 Å². The Hall–Kier alpha value is -0.300. The summed E-state index contributed by atoms with van der Waals surface area (Å²) in [5, 5.41) is 0. The molecule has 0 saturated heterocycles. The molecule has 0 rings (SSSR count). The predicted octanol–water partition coefficient (Wildman–Crippen LogP) is 2.72. The van der Waals surface area contributed by atoms with Crippen molar-refractivity contribution in [2.45, 2.75) is 40.0 Å². The van der Waals surface area contributed by atoms with Crippen LogP contribution in [0.1, 0.15) is 40.0 Å². The van der Waals surface area contributed by atoms with Gasteiger partial charge in [-0.2, -0.15) is 0 Å². The molecule has 1 atom stereocenters. The van der Waals surface area contributed by atoms with E-state index in [9.17, 15) is 0 Å². The highest BCUT2D eigenvalue weighted by atomic mass is 14.5. The lowest BCUT2D eigenvalue weighted by Crippen LogP contribution is -1.97. The molecule has 0 unspecified atom stereocenters. The Kier molecular flexibility index (Phi) is 6.24. The average Bonchev–Trinajstić information content (AvgIpc) is 2.00. The van der Waals surface area contributed by atoms with Gasteiger partial charge in [-0.15, -0.1) is 0 Å². The van der Waals surface area contributed by atoms with Crippen LogP contribution in [0.5, 0.6) is 0 Å². The number of allylic oxidation sites excluding steroid dienone is 1. The highest BCUT2D eigenvalue weighted by molar-refractivity contribution is 4.98. The van der Waals surface area contributed by atoms with Gasteiger partial charge in [0.05, 0.1) is 0 Å². The Morgan fingerprint density at radius 2 is 2.18 bits per heavy atom. The topological polar surface area (TPSA) is 26.0 Å². The molecule has 0 aromatic heterocycles. The third kappa shape index (κ3) is 6.11. The van der Waals surface area contributed by atoms with Gasteiger partial charge in [0.15, 0.2) is 0 Å². The van der Waals surface area contributed by atoms with E-state index in [1.54, 1.807) is 0 Å². The zero-order chi connectivity index (χ0) is 8.69. The summed E-state index contributed by atoms with van der Waals surface area (Å²) < 4.78 is 0. The molecule has 0 aliphatic heterocycles. The molecule has 0 aromatic carbocycles. The zero-order valence-electron chi connectivity index (χ0n) is 8.06. The number of rotatable bonds is 5. The monoisotopic (exact) mass is 155 g/mol. The predicted molar refractivity (Wildman–Crippen MR) is 51.5 cm³/mol. The second-order valence-electron chi connectivity index (χ2n) is 3.35. The Labute approximate surface area is 70.7 Å². The van der Waals surface area contributed by atoms with Crippen molar-refractivity contribution in [3.8, 4) is 0 Å². The van der Waals surface area contributed by atoms with Crippen molar-refractivity contribution in [3.63, 3.8) is 0 Å². The maximum absolute atomic E-state index is 5.40. The van der Waals surface area contributed by atoms with Gasteiger partial charge in [-0.25, -0.2) is 0 Å². The van der Waals surface area contributed by atoms with Crippen molar-refractivity contribution >= 4 is 0 Å². The molecule has 0 fully saturated rings. The van der Waals surface area contributed by atoms with Crippen molar-refractivity contribution < 1.29 is 0 Å². The molecule has 0 saturated carbocycles. The van der Waals surface area contributed by atoms with E-state index in [-0.39, 0.29) is 0 Å². The Bertz CT molecular complexity index is 116. The van der Waals surface area contributed by atoms with E-state index in [1.165, 1.54) is 18.4 Å². The third-order valence-electron chi connectivity index (χ3n) is 2.03. The molecule has 0 heterocycles. The molecule has 0 bridgehead atoms. The fourth-order valence-electron chi connectivity index (χ4n) is 1.11. The van der Waals surface area contributed by atoms with Crippen LogP contribution in [0.15, 0.2) is 11.6 Å². The summed E-state index contributed by atoms with van der Waals surface area (Å²) in [4.78, 5) is 0. The average molecular weight is 155 g/mol. The van der Waals surface area contributed by atoms with Crippen molar-refractivity contribution in [3.05, 3.63) is 11.6 Å². The maximum Gasteiger partial charge on any atom is -0.00425 e. The Balaban J connectivity index is 3.57. The summed E-state index contributed by atoms with van der Waals surface area (Å²) in [5.74, 6) is 0.823. The van der Waals surface area contributed by atoms with E-state index in [4.69, 9.17) is 5.73 Å². The minimum Gasteiger partial charge on any atom is -0.330 e. The van der Waals surface area contributed by atoms with Crippen molar-refractivity contribution in [2.24, 2.45) is 11.7 Å². The van der Waals surface area contributed by atoms with Crippen molar-refractivity contribution in [1.82, 2.24) is 0 Å². The van der Waals surface area contributed by atoms with E-state index in [0.29, 0.717) is 0 Å². The molecular formula is C10H21N. The number of hydrogen-bond acceptors (Lipinski definition) is 1. The second-order valence-corrected chi connectivity index (χ2v) is 3.35. The zero-order valence-corrected chi connectivity index (χ0v) is 8.06. The van der Waals surface area contributed by atoms with Gasteiger partial charge >= 0.3 is 0 Å². The molecular weight excluding hydrogens is 134 g/mol. The van der Waals surface area contributed by atoms with Crippen LogP contribution in [0.3, 0.4) is 0 Å². The van der Waals surface area contributed by atoms with Gasteiger partial charge in [0.2, 0.25) is 0 Å². The van der Waals surface area contributed by atoms with Gasteiger partial charge < -0.3 is 5.73 Å². The lowest BCUT2D eigenvalue weighted by atomic mass is 9.99. The molecule has 0 amide bonds. The van der Waals surface area contributed by atoms with Gasteiger partial charge in [0.1, 0.15) is 0 Å². The quantitative estimate of drug-likeness (QED) is 0.607. The summed E-state index contributed by atoms with van der Waals surface area (Å²) in [5.41, 5.74) is 6.89. The molecule has 0 radical (unpaired) electrons. The summed E-state index contributed by atoms with van der Waals surface area (Å²) in [6, 6.07) is 0. The van der Waals surface area contributed by atoms with Gasteiger partial charge in [0.25, 0.3) is 0 Å². The van der Waals surface area contributed by atoms with Crippen molar-refractivity contribution in [1.29, 1.82) is 0 Å². The lowest BCUT2D eigenvalue weighted by Gasteiger charge is -2.07. The van der Waals surface area contributed by atoms with Gasteiger partial charge in [-0.1, -0.05) is 31.9 Å². The third-order valence-corrected chi connectivity index (χ3v) is 2.03. The largest absolute Gasteiger partial charge is 0.330 e. The molecule has 2 N–H and O–H groups in total. The van der Waals surface area contributed by atoms with Crippen LogP contribution in [0.25, 0.3) is 0 Å². The molecule has 0 aliphatic rings. The Morgan fingerprint density at radius 1 is 1.55 bits per heavy atom. The van der Waals surface area contributed by atoms with Gasteiger partial charge in [0, 0.05) is 0 Å². The highest BCUT2D eigenvalue weighted by Crippen LogP contribution is 2.13. The van der Waals surface area contributed by atoms with E-state index in [0.717, 1.165) is 18.9 Å². The molecule has 1 heteroatoms. The first kappa shape index (κ1) is 10.7. The minimum absolute atomic E-state index is 0.776. The minimum atomic E-state index is 0.776. The number of hydrogen-bond donors (Lipinski definition) is 1. The summed E-state index contributed by atoms with van der Waals surface area (Å²) >= 11 is 0. The van der Waals surface area contributed by atoms with E-state index in [1.807, 2.05) is 0 Å². The maximum atomic E-state index is 5.40. The van der Waals surface area contributed by atoms with Crippen LogP contribution < -0.4 is 5.73 Å². The summed E-state index contributed by atoms with van der Waals surface area (Å²) in [6.07, 6.45) is 5.79. The first-order chi connectivity index (χ1) is 5.20. The van der Waals surface area contributed by atoms with Crippen LogP contribution >= 0.6 is 0 Å². The first-order valence-corrected chi connectivity index (χ1v) is 4.56. The smallest absolute Gasteiger partial charge is 0.00425 e. The molecule has 66 valence electrons. The van der Waals surface area contributed by atoms with Crippen LogP contribution in [0, 0.1) is 5.92 Å². The van der Waals surface area contributed by atoms with E-state index in [2.05, 4.69) is 26.8 Å². The number of nitrogens with two attached hydrogens (primary N) is 1. The molecule has 0 aromatic rings. The fraction of sp³-hybridized carbons (Fsp3) is 0.800. The second kappa shape index (κ2) is 6.41. The molecule has 0 spiro atoms. The van der Waals surface area contributed by atoms with Crippen LogP contribution in [0.2, 0.25) is 0 Å². The summed E-state index contributed by atoms with van der Waals surface area (Å²) in [7, 11) is 0. The van der Waals surface area contributed by atoms with Crippen LogP contribution in [-0.2, 0) is 0 Å². The van der Waals surface area contributed by atoms with Crippen molar-refractivity contribution in [2.75, 3.05) is 6.54 Å². The Morgan fingerprint density at radius 3 is 2.64 bits per heavy atom. The van der Waals surface area contributed by atoms with E-state index >= 15 is 0 Å². The molecule has 11 heavy (non-hydrogen) atoms. The standard InChI is InChI=1S/C10H21N/c1-4-9(2)8-10(3)6-5-7-11/h6,9H,4-5,7-8,11H2,1-3H3/b10-6+/t9-/m0/s1. The summed E-state index contributed by atoms with van der Waals surface area (Å²) in [6.45, 7) is 7.50. The van der Waals surface area contributed by atoms with Gasteiger partial charge in [-0.3, -0.25) is 0 Å². The lowest BCUT2D eigenvalue weighted by molar-refractivity contribution is 0.556. The fourth-order valence-corrected chi connectivity index (χ4v) is 1.11. The van der Waals surface area contributed by atoms with E-state index < -0.39 is 0 Å². The van der Waals surface area contributed by atoms with Gasteiger partial charge in [-0.05, 0) is 32.2 Å². The normalized spacial score (nSPS) is 15.1. The van der Waals surface area contributed by atoms with Crippen LogP contribution in [0.4, 0.5) is 0 Å². The SMILES string of the molecule is CC[C@H](C)C/C(C)=C/CCN.